The van der Waals surface area contributed by atoms with Crippen molar-refractivity contribution in [1.29, 1.82) is 0 Å². The van der Waals surface area contributed by atoms with Gasteiger partial charge in [-0.05, 0) is 48.7 Å². The standard InChI is InChI=1S/C24H23N5O/c1-3-18-9-11-21(12-10-18)29-23(20-13-15-25-16-14-20)22(27-28-29)24(30)26-17(2)19-7-5-4-6-8-19/h4-17H,3H2,1-2H3,(H,26,30)/t17-/m1/s1. The van der Waals surface area contributed by atoms with Crippen LogP contribution in [0.25, 0.3) is 16.9 Å². The highest BCUT2D eigenvalue weighted by Gasteiger charge is 2.23. The molecule has 4 rings (SSSR count). The molecule has 150 valence electrons. The summed E-state index contributed by atoms with van der Waals surface area (Å²) in [6, 6.07) is 21.5. The van der Waals surface area contributed by atoms with E-state index in [1.165, 1.54) is 5.56 Å². The van der Waals surface area contributed by atoms with Gasteiger partial charge >= 0.3 is 0 Å². The molecule has 6 nitrogen and oxygen atoms in total. The maximum atomic E-state index is 13.1. The number of aromatic nitrogens is 4. The number of hydrogen-bond acceptors (Lipinski definition) is 4. The lowest BCUT2D eigenvalue weighted by Gasteiger charge is -2.14. The molecule has 30 heavy (non-hydrogen) atoms. The van der Waals surface area contributed by atoms with Crippen LogP contribution >= 0.6 is 0 Å². The van der Waals surface area contributed by atoms with Gasteiger partial charge in [-0.25, -0.2) is 4.68 Å². The molecule has 0 aliphatic heterocycles. The van der Waals surface area contributed by atoms with E-state index in [2.05, 4.69) is 39.7 Å². The fraction of sp³-hybridized carbons (Fsp3) is 0.167. The molecular weight excluding hydrogens is 374 g/mol. The number of amides is 1. The molecule has 0 aliphatic rings. The Morgan fingerprint density at radius 1 is 1.00 bits per heavy atom. The van der Waals surface area contributed by atoms with Crippen molar-refractivity contribution in [2.75, 3.05) is 0 Å². The maximum Gasteiger partial charge on any atom is 0.274 e. The fourth-order valence-electron chi connectivity index (χ4n) is 3.35. The third-order valence-corrected chi connectivity index (χ3v) is 5.08. The predicted molar refractivity (Wildman–Crippen MR) is 116 cm³/mol. The molecule has 0 radical (unpaired) electrons. The van der Waals surface area contributed by atoms with Crippen molar-refractivity contribution < 1.29 is 4.79 Å². The third-order valence-electron chi connectivity index (χ3n) is 5.08. The number of benzene rings is 2. The smallest absolute Gasteiger partial charge is 0.274 e. The lowest BCUT2D eigenvalue weighted by molar-refractivity contribution is 0.0935. The van der Waals surface area contributed by atoms with Crippen LogP contribution in [-0.4, -0.2) is 25.9 Å². The van der Waals surface area contributed by atoms with Gasteiger partial charge in [0.15, 0.2) is 5.69 Å². The molecule has 1 amide bonds. The first-order valence-corrected chi connectivity index (χ1v) is 9.98. The fourth-order valence-corrected chi connectivity index (χ4v) is 3.35. The van der Waals surface area contributed by atoms with Gasteiger partial charge in [-0.3, -0.25) is 9.78 Å². The summed E-state index contributed by atoms with van der Waals surface area (Å²) in [5.74, 6) is -0.269. The number of rotatable bonds is 6. The van der Waals surface area contributed by atoms with E-state index in [1.807, 2.05) is 61.5 Å². The Morgan fingerprint density at radius 3 is 2.37 bits per heavy atom. The first-order chi connectivity index (χ1) is 14.7. The lowest BCUT2D eigenvalue weighted by Crippen LogP contribution is -2.27. The number of carbonyl (C=O) groups excluding carboxylic acids is 1. The van der Waals surface area contributed by atoms with Crippen molar-refractivity contribution in [3.63, 3.8) is 0 Å². The molecule has 0 fully saturated rings. The molecule has 0 aliphatic carbocycles. The maximum absolute atomic E-state index is 13.1. The van der Waals surface area contributed by atoms with Gasteiger partial charge in [-0.1, -0.05) is 54.6 Å². The summed E-state index contributed by atoms with van der Waals surface area (Å²) in [4.78, 5) is 17.2. The second-order valence-corrected chi connectivity index (χ2v) is 7.06. The number of pyridine rings is 1. The Hall–Kier alpha value is -3.80. The molecular formula is C24H23N5O. The van der Waals surface area contributed by atoms with Gasteiger partial charge in [0.25, 0.3) is 5.91 Å². The minimum atomic E-state index is -0.269. The van der Waals surface area contributed by atoms with Crippen LogP contribution < -0.4 is 5.32 Å². The van der Waals surface area contributed by atoms with Crippen molar-refractivity contribution in [2.45, 2.75) is 26.3 Å². The average Bonchev–Trinajstić information content (AvgIpc) is 3.25. The van der Waals surface area contributed by atoms with Crippen molar-refractivity contribution in [2.24, 2.45) is 0 Å². The SMILES string of the molecule is CCc1ccc(-n2nnc(C(=O)N[C@H](C)c3ccccc3)c2-c2ccncc2)cc1. The minimum absolute atomic E-state index is 0.155. The summed E-state index contributed by atoms with van der Waals surface area (Å²) in [5.41, 5.74) is 4.86. The van der Waals surface area contributed by atoms with Crippen LogP contribution in [-0.2, 0) is 6.42 Å². The summed E-state index contributed by atoms with van der Waals surface area (Å²) in [7, 11) is 0. The summed E-state index contributed by atoms with van der Waals surface area (Å²) < 4.78 is 1.71. The van der Waals surface area contributed by atoms with Gasteiger partial charge in [0.1, 0.15) is 5.69 Å². The highest BCUT2D eigenvalue weighted by molar-refractivity contribution is 5.98. The largest absolute Gasteiger partial charge is 0.344 e. The van der Waals surface area contributed by atoms with Crippen molar-refractivity contribution >= 4 is 5.91 Å². The molecule has 2 aromatic heterocycles. The Kier molecular flexibility index (Phi) is 5.66. The Balaban J connectivity index is 1.72. The molecule has 4 aromatic rings. The predicted octanol–water partition coefficient (Wildman–Crippen LogP) is 4.38. The number of hydrogen-bond donors (Lipinski definition) is 1. The Bertz CT molecular complexity index is 1120. The van der Waals surface area contributed by atoms with Crippen molar-refractivity contribution in [3.8, 4) is 16.9 Å². The van der Waals surface area contributed by atoms with E-state index >= 15 is 0 Å². The lowest BCUT2D eigenvalue weighted by atomic mass is 10.1. The van der Waals surface area contributed by atoms with Crippen LogP contribution in [0.1, 0.15) is 41.5 Å². The van der Waals surface area contributed by atoms with Crippen LogP contribution in [0.15, 0.2) is 79.1 Å². The second-order valence-electron chi connectivity index (χ2n) is 7.06. The van der Waals surface area contributed by atoms with E-state index in [-0.39, 0.29) is 17.6 Å². The van der Waals surface area contributed by atoms with Gasteiger partial charge in [-0.15, -0.1) is 5.10 Å². The number of nitrogens with zero attached hydrogens (tertiary/aromatic N) is 4. The second kappa shape index (κ2) is 8.69. The van der Waals surface area contributed by atoms with Gasteiger partial charge in [0.05, 0.1) is 11.7 Å². The highest BCUT2D eigenvalue weighted by Crippen LogP contribution is 2.26. The molecule has 2 aromatic carbocycles. The number of aryl methyl sites for hydroxylation is 1. The van der Waals surface area contributed by atoms with E-state index in [9.17, 15) is 4.79 Å². The minimum Gasteiger partial charge on any atom is -0.344 e. The van der Waals surface area contributed by atoms with Gasteiger partial charge < -0.3 is 5.32 Å². The summed E-state index contributed by atoms with van der Waals surface area (Å²) in [6.45, 7) is 4.07. The third kappa shape index (κ3) is 3.98. The van der Waals surface area contributed by atoms with Crippen LogP contribution in [0.4, 0.5) is 0 Å². The normalized spacial score (nSPS) is 11.8. The molecule has 2 heterocycles. The van der Waals surface area contributed by atoms with E-state index in [4.69, 9.17) is 0 Å². The molecule has 1 N–H and O–H groups in total. The van der Waals surface area contributed by atoms with Gasteiger partial charge in [0, 0.05) is 18.0 Å². The van der Waals surface area contributed by atoms with Gasteiger partial charge in [-0.2, -0.15) is 0 Å². The summed E-state index contributed by atoms with van der Waals surface area (Å²) >= 11 is 0. The molecule has 1 atom stereocenters. The van der Waals surface area contributed by atoms with Crippen molar-refractivity contribution in [1.82, 2.24) is 25.3 Å². The van der Waals surface area contributed by atoms with E-state index in [0.717, 1.165) is 23.2 Å². The quantitative estimate of drug-likeness (QED) is 0.524. The van der Waals surface area contributed by atoms with E-state index < -0.39 is 0 Å². The van der Waals surface area contributed by atoms with E-state index in [1.54, 1.807) is 17.1 Å². The zero-order valence-electron chi connectivity index (χ0n) is 17.0. The molecule has 0 saturated carbocycles. The number of carbonyl (C=O) groups is 1. The molecule has 6 heteroatoms. The van der Waals surface area contributed by atoms with Gasteiger partial charge in [0.2, 0.25) is 0 Å². The molecule has 0 unspecified atom stereocenters. The Labute approximate surface area is 175 Å². The summed E-state index contributed by atoms with van der Waals surface area (Å²) in [5, 5.41) is 11.6. The average molecular weight is 397 g/mol. The number of nitrogens with one attached hydrogen (secondary N) is 1. The zero-order valence-corrected chi connectivity index (χ0v) is 17.0. The highest BCUT2D eigenvalue weighted by atomic mass is 16.2. The van der Waals surface area contributed by atoms with E-state index in [0.29, 0.717) is 5.69 Å². The first-order valence-electron chi connectivity index (χ1n) is 9.98. The monoisotopic (exact) mass is 397 g/mol. The zero-order chi connectivity index (χ0) is 20.9. The first kappa shape index (κ1) is 19.5. The van der Waals surface area contributed by atoms with Crippen LogP contribution in [0.5, 0.6) is 0 Å². The summed E-state index contributed by atoms with van der Waals surface area (Å²) in [6.07, 6.45) is 4.35. The molecule has 0 bridgehead atoms. The van der Waals surface area contributed by atoms with Crippen molar-refractivity contribution in [3.05, 3.63) is 95.9 Å². The molecule has 0 saturated heterocycles. The molecule has 0 spiro atoms. The van der Waals surface area contributed by atoms with Crippen LogP contribution in [0, 0.1) is 0 Å². The Morgan fingerprint density at radius 2 is 1.70 bits per heavy atom. The topological polar surface area (TPSA) is 72.7 Å². The van der Waals surface area contributed by atoms with Crippen LogP contribution in [0.2, 0.25) is 0 Å². The van der Waals surface area contributed by atoms with Crippen LogP contribution in [0.3, 0.4) is 0 Å².